The van der Waals surface area contributed by atoms with Crippen molar-refractivity contribution in [3.8, 4) is 0 Å². The molecule has 1 N–H and O–H groups in total. The zero-order chi connectivity index (χ0) is 15.5. The van der Waals surface area contributed by atoms with Crippen LogP contribution in [0.5, 0.6) is 0 Å². The van der Waals surface area contributed by atoms with Crippen LogP contribution in [0.1, 0.15) is 58.8 Å². The number of halogens is 1. The molecule has 1 atom stereocenters. The molecule has 1 saturated heterocycles. The van der Waals surface area contributed by atoms with E-state index in [0.29, 0.717) is 12.8 Å². The molecule has 0 aromatic rings. The van der Waals surface area contributed by atoms with Crippen molar-refractivity contribution in [1.29, 1.82) is 0 Å². The third-order valence-corrected chi connectivity index (χ3v) is 5.27. The summed E-state index contributed by atoms with van der Waals surface area (Å²) < 4.78 is 13.0. The molecule has 0 aromatic heterocycles. The Hall–Kier alpha value is -1.13. The Balaban J connectivity index is 2.28. The Bertz CT molecular complexity index is 390. The second-order valence-electron chi connectivity index (χ2n) is 6.31. The Morgan fingerprint density at radius 2 is 1.81 bits per heavy atom. The van der Waals surface area contributed by atoms with Gasteiger partial charge in [-0.05, 0) is 31.6 Å². The topological polar surface area (TPSA) is 49.4 Å². The summed E-state index contributed by atoms with van der Waals surface area (Å²) in [4.78, 5) is 27.0. The zero-order valence-corrected chi connectivity index (χ0v) is 13.2. The highest BCUT2D eigenvalue weighted by Gasteiger charge is 2.50. The number of piperazine rings is 1. The number of alkyl halides is 1. The van der Waals surface area contributed by atoms with Gasteiger partial charge >= 0.3 is 0 Å². The van der Waals surface area contributed by atoms with Crippen molar-refractivity contribution >= 4 is 11.8 Å². The molecule has 5 heteroatoms. The second kappa shape index (κ2) is 6.75. The van der Waals surface area contributed by atoms with Crippen molar-refractivity contribution in [2.45, 2.75) is 70.4 Å². The van der Waals surface area contributed by atoms with E-state index in [9.17, 15) is 14.0 Å². The van der Waals surface area contributed by atoms with E-state index in [-0.39, 0.29) is 24.3 Å². The maximum absolute atomic E-state index is 13.0. The summed E-state index contributed by atoms with van der Waals surface area (Å²) in [7, 11) is 0. The summed E-state index contributed by atoms with van der Waals surface area (Å²) in [6.07, 6.45) is 6.40. The van der Waals surface area contributed by atoms with Crippen LogP contribution in [0.4, 0.5) is 4.39 Å². The van der Waals surface area contributed by atoms with Crippen LogP contribution < -0.4 is 5.32 Å². The number of nitrogens with one attached hydrogen (secondary N) is 1. The van der Waals surface area contributed by atoms with Crippen LogP contribution in [0.3, 0.4) is 0 Å². The summed E-state index contributed by atoms with van der Waals surface area (Å²) in [6, 6.07) is -0.472. The summed E-state index contributed by atoms with van der Waals surface area (Å²) >= 11 is 0. The third kappa shape index (κ3) is 2.92. The van der Waals surface area contributed by atoms with E-state index in [1.54, 1.807) is 0 Å². The van der Waals surface area contributed by atoms with Crippen LogP contribution in [-0.2, 0) is 9.59 Å². The number of rotatable bonds is 5. The van der Waals surface area contributed by atoms with Gasteiger partial charge in [-0.3, -0.25) is 9.59 Å². The van der Waals surface area contributed by atoms with E-state index in [1.165, 1.54) is 11.3 Å². The maximum atomic E-state index is 13.0. The fourth-order valence-electron chi connectivity index (χ4n) is 3.89. The van der Waals surface area contributed by atoms with E-state index < -0.39 is 18.3 Å². The highest BCUT2D eigenvalue weighted by atomic mass is 19.1. The highest BCUT2D eigenvalue weighted by Crippen LogP contribution is 2.34. The van der Waals surface area contributed by atoms with Gasteiger partial charge in [0.25, 0.3) is 0 Å². The Morgan fingerprint density at radius 3 is 2.33 bits per heavy atom. The number of hydrogen-bond acceptors (Lipinski definition) is 2. The van der Waals surface area contributed by atoms with E-state index in [1.807, 2.05) is 13.8 Å². The molecule has 1 aliphatic carbocycles. The summed E-state index contributed by atoms with van der Waals surface area (Å²) in [5.41, 5.74) is -0.836. The van der Waals surface area contributed by atoms with Crippen molar-refractivity contribution in [2.24, 2.45) is 5.92 Å². The molecule has 120 valence electrons. The lowest BCUT2D eigenvalue weighted by atomic mass is 9.79. The van der Waals surface area contributed by atoms with Crippen molar-refractivity contribution < 1.29 is 14.0 Å². The monoisotopic (exact) mass is 298 g/mol. The first-order chi connectivity index (χ1) is 10.1. The average molecular weight is 298 g/mol. The van der Waals surface area contributed by atoms with Crippen molar-refractivity contribution in [3.05, 3.63) is 0 Å². The first-order valence-corrected chi connectivity index (χ1v) is 8.28. The van der Waals surface area contributed by atoms with Gasteiger partial charge < -0.3 is 10.2 Å². The SMILES string of the molecule is CCC1(CC)NC(=O)C(C2CCCCC2)N(CCF)C1=O. The van der Waals surface area contributed by atoms with E-state index in [4.69, 9.17) is 0 Å². The minimum atomic E-state index is -0.836. The van der Waals surface area contributed by atoms with Crippen LogP contribution in [0.25, 0.3) is 0 Å². The number of nitrogens with zero attached hydrogens (tertiary/aromatic N) is 1. The molecule has 1 unspecified atom stereocenters. The van der Waals surface area contributed by atoms with Gasteiger partial charge in [0.2, 0.25) is 11.8 Å². The molecule has 0 aromatic carbocycles. The number of carbonyl (C=O) groups excluding carboxylic acids is 2. The molecule has 1 saturated carbocycles. The first-order valence-electron chi connectivity index (χ1n) is 8.28. The predicted molar refractivity (Wildman–Crippen MR) is 79.5 cm³/mol. The molecule has 2 rings (SSSR count). The van der Waals surface area contributed by atoms with E-state index >= 15 is 0 Å². The lowest BCUT2D eigenvalue weighted by molar-refractivity contribution is -0.158. The zero-order valence-electron chi connectivity index (χ0n) is 13.2. The molecule has 2 fully saturated rings. The number of amides is 2. The molecule has 21 heavy (non-hydrogen) atoms. The molecular formula is C16H27FN2O2. The fourth-order valence-corrected chi connectivity index (χ4v) is 3.89. The van der Waals surface area contributed by atoms with Crippen LogP contribution in [0.15, 0.2) is 0 Å². The maximum Gasteiger partial charge on any atom is 0.249 e. The van der Waals surface area contributed by atoms with Crippen LogP contribution in [-0.4, -0.2) is 41.5 Å². The molecule has 0 radical (unpaired) electrons. The first kappa shape index (κ1) is 16.2. The second-order valence-corrected chi connectivity index (χ2v) is 6.31. The molecular weight excluding hydrogens is 271 g/mol. The number of hydrogen-bond donors (Lipinski definition) is 1. The largest absolute Gasteiger partial charge is 0.340 e. The van der Waals surface area contributed by atoms with Crippen LogP contribution >= 0.6 is 0 Å². The molecule has 0 spiro atoms. The Kier molecular flexibility index (Phi) is 5.22. The Labute approximate surface area is 126 Å². The minimum absolute atomic E-state index is 0.0369. The molecule has 2 amide bonds. The van der Waals surface area contributed by atoms with Crippen molar-refractivity contribution in [1.82, 2.24) is 10.2 Å². The minimum Gasteiger partial charge on any atom is -0.340 e. The molecule has 1 heterocycles. The summed E-state index contributed by atoms with van der Waals surface area (Å²) in [5.74, 6) is -0.0000595. The van der Waals surface area contributed by atoms with Crippen molar-refractivity contribution in [3.63, 3.8) is 0 Å². The summed E-state index contributed by atoms with van der Waals surface area (Å²) in [5, 5.41) is 2.96. The van der Waals surface area contributed by atoms with E-state index in [0.717, 1.165) is 25.7 Å². The van der Waals surface area contributed by atoms with Gasteiger partial charge in [0.1, 0.15) is 18.3 Å². The van der Waals surface area contributed by atoms with Crippen LogP contribution in [0.2, 0.25) is 0 Å². The molecule has 1 aliphatic heterocycles. The summed E-state index contributed by atoms with van der Waals surface area (Å²) in [6.45, 7) is 3.24. The molecule has 4 nitrogen and oxygen atoms in total. The number of carbonyl (C=O) groups is 2. The third-order valence-electron chi connectivity index (χ3n) is 5.27. The van der Waals surface area contributed by atoms with Gasteiger partial charge in [-0.2, -0.15) is 0 Å². The predicted octanol–water partition coefficient (Wildman–Crippen LogP) is 2.42. The van der Waals surface area contributed by atoms with Crippen molar-refractivity contribution in [2.75, 3.05) is 13.2 Å². The molecule has 0 bridgehead atoms. The van der Waals surface area contributed by atoms with Crippen LogP contribution in [0, 0.1) is 5.92 Å². The van der Waals surface area contributed by atoms with Gasteiger partial charge in [0.05, 0.1) is 0 Å². The standard InChI is InChI=1S/C16H27FN2O2/c1-3-16(4-2)15(21)19(11-10-17)13(14(20)18-16)12-8-6-5-7-9-12/h12-13H,3-11H2,1-2H3,(H,18,20). The normalized spacial score (nSPS) is 26.8. The average Bonchev–Trinajstić information content (AvgIpc) is 2.52. The lowest BCUT2D eigenvalue weighted by Crippen LogP contribution is -2.71. The van der Waals surface area contributed by atoms with Gasteiger partial charge in [-0.1, -0.05) is 33.1 Å². The molecule has 2 aliphatic rings. The Morgan fingerprint density at radius 1 is 1.19 bits per heavy atom. The quantitative estimate of drug-likeness (QED) is 0.847. The van der Waals surface area contributed by atoms with Gasteiger partial charge in [0.15, 0.2) is 0 Å². The highest BCUT2D eigenvalue weighted by molar-refractivity contribution is 6.00. The van der Waals surface area contributed by atoms with Gasteiger partial charge in [-0.15, -0.1) is 0 Å². The van der Waals surface area contributed by atoms with Gasteiger partial charge in [-0.25, -0.2) is 4.39 Å². The lowest BCUT2D eigenvalue weighted by Gasteiger charge is -2.48. The smallest absolute Gasteiger partial charge is 0.249 e. The van der Waals surface area contributed by atoms with E-state index in [2.05, 4.69) is 5.32 Å². The fraction of sp³-hybridized carbons (Fsp3) is 0.875. The van der Waals surface area contributed by atoms with Gasteiger partial charge in [0, 0.05) is 6.54 Å².